The Kier molecular flexibility index (Phi) is 4.22. The van der Waals surface area contributed by atoms with Crippen LogP contribution in [-0.2, 0) is 10.0 Å². The van der Waals surface area contributed by atoms with Crippen LogP contribution in [0.5, 0.6) is 0 Å². The van der Waals surface area contributed by atoms with Gasteiger partial charge in [-0.1, -0.05) is 0 Å². The zero-order valence-corrected chi connectivity index (χ0v) is 12.2. The number of carboxylic acids is 1. The summed E-state index contributed by atoms with van der Waals surface area (Å²) in [7, 11) is -3.79. The molecule has 8 heteroatoms. The van der Waals surface area contributed by atoms with E-state index in [1.54, 1.807) is 0 Å². The SMILES string of the molecule is Nc1cc(C(=O)O)ccc1S(=O)(=O)NCC1(CCO)CC1. The topological polar surface area (TPSA) is 130 Å². The van der Waals surface area contributed by atoms with Gasteiger partial charge < -0.3 is 15.9 Å². The monoisotopic (exact) mass is 314 g/mol. The Morgan fingerprint density at radius 1 is 1.38 bits per heavy atom. The maximum Gasteiger partial charge on any atom is 0.335 e. The summed E-state index contributed by atoms with van der Waals surface area (Å²) in [5, 5.41) is 17.8. The van der Waals surface area contributed by atoms with Crippen LogP contribution >= 0.6 is 0 Å². The summed E-state index contributed by atoms with van der Waals surface area (Å²) >= 11 is 0. The van der Waals surface area contributed by atoms with Crippen molar-refractivity contribution in [2.75, 3.05) is 18.9 Å². The predicted octanol–water partition coefficient (Wildman–Crippen LogP) is 0.408. The lowest BCUT2D eigenvalue weighted by atomic mass is 10.0. The smallest absolute Gasteiger partial charge is 0.335 e. The van der Waals surface area contributed by atoms with E-state index >= 15 is 0 Å². The Bertz CT molecular complexity index is 653. The average molecular weight is 314 g/mol. The lowest BCUT2D eigenvalue weighted by Crippen LogP contribution is -2.31. The number of anilines is 1. The molecule has 1 aliphatic carbocycles. The molecule has 7 nitrogen and oxygen atoms in total. The molecule has 1 aromatic carbocycles. The number of nitrogens with one attached hydrogen (secondary N) is 1. The first-order chi connectivity index (χ1) is 9.80. The predicted molar refractivity (Wildman–Crippen MR) is 76.4 cm³/mol. The minimum absolute atomic E-state index is 0.0250. The second-order valence-electron chi connectivity index (χ2n) is 5.36. The molecular weight excluding hydrogens is 296 g/mol. The molecule has 0 bridgehead atoms. The molecule has 0 heterocycles. The van der Waals surface area contributed by atoms with Gasteiger partial charge in [-0.3, -0.25) is 0 Å². The second-order valence-corrected chi connectivity index (χ2v) is 7.09. The van der Waals surface area contributed by atoms with E-state index in [-0.39, 0.29) is 34.7 Å². The molecule has 0 aromatic heterocycles. The van der Waals surface area contributed by atoms with Crippen LogP contribution in [0, 0.1) is 5.41 Å². The van der Waals surface area contributed by atoms with Gasteiger partial charge in [0.2, 0.25) is 10.0 Å². The van der Waals surface area contributed by atoms with Gasteiger partial charge in [0.15, 0.2) is 0 Å². The normalized spacial score (nSPS) is 16.6. The number of sulfonamides is 1. The minimum Gasteiger partial charge on any atom is -0.478 e. The number of hydrogen-bond donors (Lipinski definition) is 4. The molecule has 2 rings (SSSR count). The van der Waals surface area contributed by atoms with Gasteiger partial charge in [0, 0.05) is 13.2 Å². The summed E-state index contributed by atoms with van der Waals surface area (Å²) in [6, 6.07) is 3.51. The van der Waals surface area contributed by atoms with Crippen LogP contribution in [0.25, 0.3) is 0 Å². The van der Waals surface area contributed by atoms with Crippen molar-refractivity contribution in [1.82, 2.24) is 4.72 Å². The van der Waals surface area contributed by atoms with Gasteiger partial charge in [-0.15, -0.1) is 0 Å². The summed E-state index contributed by atoms with van der Waals surface area (Å²) in [6.45, 7) is 0.271. The van der Waals surface area contributed by atoms with Gasteiger partial charge in [0.1, 0.15) is 4.90 Å². The minimum atomic E-state index is -3.79. The first-order valence-corrected chi connectivity index (χ1v) is 8.01. The Morgan fingerprint density at radius 2 is 2.05 bits per heavy atom. The molecule has 116 valence electrons. The standard InChI is InChI=1S/C13H18N2O5S/c14-10-7-9(12(17)18)1-2-11(10)21(19,20)15-8-13(3-4-13)5-6-16/h1-2,7,15-16H,3-6,8,14H2,(H,17,18). The van der Waals surface area contributed by atoms with Crippen molar-refractivity contribution in [3.05, 3.63) is 23.8 Å². The van der Waals surface area contributed by atoms with Crippen LogP contribution in [0.15, 0.2) is 23.1 Å². The first kappa shape index (κ1) is 15.7. The Hall–Kier alpha value is -1.64. The molecule has 0 radical (unpaired) electrons. The van der Waals surface area contributed by atoms with Gasteiger partial charge in [0.25, 0.3) is 0 Å². The van der Waals surface area contributed by atoms with Crippen LogP contribution < -0.4 is 10.5 Å². The van der Waals surface area contributed by atoms with E-state index in [2.05, 4.69) is 4.72 Å². The number of nitrogens with two attached hydrogens (primary N) is 1. The number of carbonyl (C=O) groups is 1. The number of hydrogen-bond acceptors (Lipinski definition) is 5. The van der Waals surface area contributed by atoms with E-state index in [1.165, 1.54) is 12.1 Å². The zero-order chi connectivity index (χ0) is 15.7. The van der Waals surface area contributed by atoms with E-state index in [0.717, 1.165) is 18.9 Å². The third-order valence-electron chi connectivity index (χ3n) is 3.78. The third kappa shape index (κ3) is 3.52. The quantitative estimate of drug-likeness (QED) is 0.539. The fourth-order valence-corrected chi connectivity index (χ4v) is 3.45. The highest BCUT2D eigenvalue weighted by atomic mass is 32.2. The van der Waals surface area contributed by atoms with Crippen LogP contribution in [0.3, 0.4) is 0 Å². The number of carboxylic acid groups (broad SMARTS) is 1. The van der Waals surface area contributed by atoms with Gasteiger partial charge >= 0.3 is 5.97 Å². The third-order valence-corrected chi connectivity index (χ3v) is 5.26. The summed E-state index contributed by atoms with van der Waals surface area (Å²) in [6.07, 6.45) is 2.32. The zero-order valence-electron chi connectivity index (χ0n) is 11.4. The van der Waals surface area contributed by atoms with Gasteiger partial charge in [-0.2, -0.15) is 0 Å². The van der Waals surface area contributed by atoms with Crippen LogP contribution in [-0.4, -0.2) is 37.8 Å². The van der Waals surface area contributed by atoms with Crippen molar-refractivity contribution >= 4 is 21.7 Å². The summed E-state index contributed by atoms with van der Waals surface area (Å²) in [5.41, 5.74) is 5.31. The van der Waals surface area contributed by atoms with Crippen molar-refractivity contribution in [3.8, 4) is 0 Å². The fraction of sp³-hybridized carbons (Fsp3) is 0.462. The molecule has 21 heavy (non-hydrogen) atoms. The fourth-order valence-electron chi connectivity index (χ4n) is 2.18. The Balaban J connectivity index is 2.14. The summed E-state index contributed by atoms with van der Waals surface area (Å²) < 4.78 is 26.9. The maximum absolute atomic E-state index is 12.2. The molecule has 0 saturated heterocycles. The Labute approximate surface area is 122 Å². The average Bonchev–Trinajstić information content (AvgIpc) is 3.17. The lowest BCUT2D eigenvalue weighted by molar-refractivity contribution is 0.0697. The van der Waals surface area contributed by atoms with E-state index in [9.17, 15) is 13.2 Å². The van der Waals surface area contributed by atoms with Crippen LogP contribution in [0.4, 0.5) is 5.69 Å². The number of aromatic carboxylic acids is 1. The van der Waals surface area contributed by atoms with Crippen LogP contribution in [0.2, 0.25) is 0 Å². The highest BCUT2D eigenvalue weighted by Crippen LogP contribution is 2.48. The molecular formula is C13H18N2O5S. The molecule has 0 spiro atoms. The number of aliphatic hydroxyl groups is 1. The lowest BCUT2D eigenvalue weighted by Gasteiger charge is -2.15. The molecule has 1 aliphatic rings. The van der Waals surface area contributed by atoms with Crippen molar-refractivity contribution < 1.29 is 23.4 Å². The first-order valence-electron chi connectivity index (χ1n) is 6.53. The van der Waals surface area contributed by atoms with Gasteiger partial charge in [-0.25, -0.2) is 17.9 Å². The summed E-state index contributed by atoms with van der Waals surface area (Å²) in [4.78, 5) is 10.7. The number of rotatable bonds is 7. The molecule has 0 atom stereocenters. The summed E-state index contributed by atoms with van der Waals surface area (Å²) in [5.74, 6) is -1.17. The second kappa shape index (κ2) is 5.63. The molecule has 0 amide bonds. The molecule has 1 saturated carbocycles. The molecule has 5 N–H and O–H groups in total. The largest absolute Gasteiger partial charge is 0.478 e. The van der Waals surface area contributed by atoms with Gasteiger partial charge in [-0.05, 0) is 42.9 Å². The van der Waals surface area contributed by atoms with Crippen molar-refractivity contribution in [1.29, 1.82) is 0 Å². The van der Waals surface area contributed by atoms with Crippen molar-refractivity contribution in [2.45, 2.75) is 24.2 Å². The molecule has 1 aromatic rings. The highest BCUT2D eigenvalue weighted by molar-refractivity contribution is 7.89. The Morgan fingerprint density at radius 3 is 2.52 bits per heavy atom. The molecule has 1 fully saturated rings. The number of aliphatic hydroxyl groups excluding tert-OH is 1. The van der Waals surface area contributed by atoms with Crippen molar-refractivity contribution in [2.24, 2.45) is 5.41 Å². The van der Waals surface area contributed by atoms with Gasteiger partial charge in [0.05, 0.1) is 11.3 Å². The highest BCUT2D eigenvalue weighted by Gasteiger charge is 2.42. The number of nitrogen functional groups attached to an aromatic ring is 1. The van der Waals surface area contributed by atoms with E-state index in [4.69, 9.17) is 15.9 Å². The maximum atomic E-state index is 12.2. The van der Waals surface area contributed by atoms with E-state index in [0.29, 0.717) is 6.42 Å². The van der Waals surface area contributed by atoms with Crippen molar-refractivity contribution in [3.63, 3.8) is 0 Å². The van der Waals surface area contributed by atoms with E-state index in [1.807, 2.05) is 0 Å². The van der Waals surface area contributed by atoms with Crippen LogP contribution in [0.1, 0.15) is 29.6 Å². The number of benzene rings is 1. The molecule has 0 aliphatic heterocycles. The van der Waals surface area contributed by atoms with E-state index < -0.39 is 16.0 Å². The molecule has 0 unspecified atom stereocenters.